The molecular formula is C23H23FN4O3. The van der Waals surface area contributed by atoms with E-state index in [-0.39, 0.29) is 11.6 Å². The number of hydrogen-bond donors (Lipinski definition) is 1. The molecule has 0 spiro atoms. The van der Waals surface area contributed by atoms with Gasteiger partial charge in [-0.3, -0.25) is 9.48 Å². The minimum absolute atomic E-state index is 0.114. The summed E-state index contributed by atoms with van der Waals surface area (Å²) in [6.07, 6.45) is 3.17. The SMILES string of the molecule is COc1nc(C)cc(C)c1-c1cc2[nH]c(=O)c3cnn(C4CCOCC4)c3c2cc1F. The van der Waals surface area contributed by atoms with E-state index >= 15 is 4.39 Å². The summed E-state index contributed by atoms with van der Waals surface area (Å²) in [5, 5.41) is 5.56. The molecule has 0 unspecified atom stereocenters. The van der Waals surface area contributed by atoms with Crippen LogP contribution in [0, 0.1) is 19.7 Å². The van der Waals surface area contributed by atoms with E-state index in [0.29, 0.717) is 52.0 Å². The number of aryl methyl sites for hydroxylation is 2. The number of ether oxygens (including phenoxy) is 2. The number of rotatable bonds is 3. The van der Waals surface area contributed by atoms with Crippen molar-refractivity contribution in [2.75, 3.05) is 20.3 Å². The van der Waals surface area contributed by atoms with Crippen LogP contribution in [0.15, 0.2) is 29.2 Å². The molecule has 0 radical (unpaired) electrons. The Morgan fingerprint density at radius 2 is 1.97 bits per heavy atom. The van der Waals surface area contributed by atoms with Crippen molar-refractivity contribution in [3.63, 3.8) is 0 Å². The summed E-state index contributed by atoms with van der Waals surface area (Å²) in [6, 6.07) is 5.13. The number of fused-ring (bicyclic) bond motifs is 3. The second-order valence-corrected chi connectivity index (χ2v) is 7.99. The lowest BCUT2D eigenvalue weighted by atomic mass is 9.98. The maximum atomic E-state index is 15.5. The number of hydrogen-bond acceptors (Lipinski definition) is 5. The predicted molar refractivity (Wildman–Crippen MR) is 116 cm³/mol. The minimum atomic E-state index is -0.410. The quantitative estimate of drug-likeness (QED) is 0.539. The van der Waals surface area contributed by atoms with Crippen LogP contribution >= 0.6 is 0 Å². The zero-order chi connectivity index (χ0) is 21.7. The first-order valence-electron chi connectivity index (χ1n) is 10.3. The number of nitrogens with one attached hydrogen (secondary N) is 1. The van der Waals surface area contributed by atoms with Crippen molar-refractivity contribution in [2.45, 2.75) is 32.7 Å². The molecule has 4 heterocycles. The lowest BCUT2D eigenvalue weighted by Crippen LogP contribution is -2.20. The van der Waals surface area contributed by atoms with E-state index < -0.39 is 5.82 Å². The number of aromatic amines is 1. The molecule has 7 nitrogen and oxygen atoms in total. The van der Waals surface area contributed by atoms with Gasteiger partial charge in [-0.15, -0.1) is 0 Å². The standard InChI is InChI=1S/C23H23FN4O3/c1-12-8-13(2)26-23(30-3)20(12)15-10-19-16(9-18(15)24)21-17(22(29)27-19)11-25-28(21)14-4-6-31-7-5-14/h8-11,14H,4-7H2,1-3H3,(H,27,29). The van der Waals surface area contributed by atoms with Gasteiger partial charge in [-0.25, -0.2) is 9.37 Å². The van der Waals surface area contributed by atoms with Crippen LogP contribution in [0.25, 0.3) is 32.9 Å². The van der Waals surface area contributed by atoms with Gasteiger partial charge < -0.3 is 14.5 Å². The van der Waals surface area contributed by atoms with Gasteiger partial charge >= 0.3 is 0 Å². The Morgan fingerprint density at radius 3 is 2.71 bits per heavy atom. The van der Waals surface area contributed by atoms with E-state index in [1.165, 1.54) is 13.2 Å². The first-order valence-corrected chi connectivity index (χ1v) is 10.3. The Hall–Kier alpha value is -3.26. The van der Waals surface area contributed by atoms with E-state index in [9.17, 15) is 4.79 Å². The van der Waals surface area contributed by atoms with Gasteiger partial charge in [0.2, 0.25) is 5.88 Å². The molecular weight excluding hydrogens is 399 g/mol. The van der Waals surface area contributed by atoms with Crippen molar-refractivity contribution < 1.29 is 13.9 Å². The highest BCUT2D eigenvalue weighted by atomic mass is 19.1. The van der Waals surface area contributed by atoms with Crippen LogP contribution < -0.4 is 10.3 Å². The molecule has 0 saturated carbocycles. The Balaban J connectivity index is 1.78. The molecule has 1 aliphatic heterocycles. The van der Waals surface area contributed by atoms with Crippen LogP contribution in [0.5, 0.6) is 5.88 Å². The van der Waals surface area contributed by atoms with Crippen LogP contribution in [0.3, 0.4) is 0 Å². The molecule has 0 atom stereocenters. The molecule has 0 amide bonds. The van der Waals surface area contributed by atoms with E-state index in [2.05, 4.69) is 15.1 Å². The number of benzene rings is 1. The van der Waals surface area contributed by atoms with Crippen LogP contribution in [0.2, 0.25) is 0 Å². The third kappa shape index (κ3) is 3.18. The third-order valence-corrected chi connectivity index (χ3v) is 5.96. The molecule has 0 bridgehead atoms. The largest absolute Gasteiger partial charge is 0.481 e. The highest BCUT2D eigenvalue weighted by molar-refractivity contribution is 6.04. The molecule has 160 valence electrons. The zero-order valence-corrected chi connectivity index (χ0v) is 17.7. The second-order valence-electron chi connectivity index (χ2n) is 7.99. The first kappa shape index (κ1) is 19.7. The Morgan fingerprint density at radius 1 is 1.19 bits per heavy atom. The smallest absolute Gasteiger partial charge is 0.259 e. The summed E-state index contributed by atoms with van der Waals surface area (Å²) in [5.74, 6) is -0.0564. The van der Waals surface area contributed by atoms with E-state index in [4.69, 9.17) is 9.47 Å². The number of halogens is 1. The summed E-state index contributed by atoms with van der Waals surface area (Å²) in [7, 11) is 1.52. The summed E-state index contributed by atoms with van der Waals surface area (Å²) < 4.78 is 28.2. The monoisotopic (exact) mass is 422 g/mol. The molecule has 31 heavy (non-hydrogen) atoms. The highest BCUT2D eigenvalue weighted by Gasteiger charge is 2.23. The molecule has 5 rings (SSSR count). The van der Waals surface area contributed by atoms with Crippen molar-refractivity contribution >= 4 is 21.8 Å². The molecule has 1 N–H and O–H groups in total. The minimum Gasteiger partial charge on any atom is -0.481 e. The first-order chi connectivity index (χ1) is 15.0. The molecule has 1 fully saturated rings. The van der Waals surface area contributed by atoms with Crippen molar-refractivity contribution in [3.8, 4) is 17.0 Å². The summed E-state index contributed by atoms with van der Waals surface area (Å²) in [6.45, 7) is 5.04. The number of aromatic nitrogens is 4. The van der Waals surface area contributed by atoms with Crippen LogP contribution in [0.1, 0.15) is 30.1 Å². The van der Waals surface area contributed by atoms with Gasteiger partial charge in [-0.1, -0.05) is 0 Å². The molecule has 4 aromatic rings. The summed E-state index contributed by atoms with van der Waals surface area (Å²) in [5.41, 5.74) is 3.50. The van der Waals surface area contributed by atoms with Gasteiger partial charge in [0, 0.05) is 35.4 Å². The fraction of sp³-hybridized carbons (Fsp3) is 0.348. The fourth-order valence-corrected chi connectivity index (χ4v) is 4.54. The normalized spacial score (nSPS) is 15.1. The number of methoxy groups -OCH3 is 1. The van der Waals surface area contributed by atoms with Gasteiger partial charge in [-0.2, -0.15) is 5.10 Å². The van der Waals surface area contributed by atoms with Crippen molar-refractivity contribution in [1.29, 1.82) is 0 Å². The van der Waals surface area contributed by atoms with Gasteiger partial charge in [0.1, 0.15) is 5.82 Å². The molecule has 8 heteroatoms. The van der Waals surface area contributed by atoms with E-state index in [1.54, 1.807) is 12.3 Å². The molecule has 0 aliphatic carbocycles. The molecule has 1 aromatic carbocycles. The Bertz CT molecular complexity index is 1370. The van der Waals surface area contributed by atoms with Crippen LogP contribution in [-0.4, -0.2) is 40.1 Å². The molecule has 1 saturated heterocycles. The highest BCUT2D eigenvalue weighted by Crippen LogP contribution is 2.37. The Kier molecular flexibility index (Phi) is 4.74. The number of H-pyrrole nitrogens is 1. The summed E-state index contributed by atoms with van der Waals surface area (Å²) in [4.78, 5) is 20.1. The number of pyridine rings is 2. The van der Waals surface area contributed by atoms with Crippen LogP contribution in [-0.2, 0) is 4.74 Å². The van der Waals surface area contributed by atoms with Gasteiger partial charge in [0.05, 0.1) is 35.8 Å². The zero-order valence-electron chi connectivity index (χ0n) is 17.7. The van der Waals surface area contributed by atoms with Gasteiger partial charge in [0.25, 0.3) is 5.56 Å². The van der Waals surface area contributed by atoms with Crippen molar-refractivity contribution in [1.82, 2.24) is 19.7 Å². The average molecular weight is 422 g/mol. The van der Waals surface area contributed by atoms with Crippen molar-refractivity contribution in [3.05, 3.63) is 51.8 Å². The van der Waals surface area contributed by atoms with E-state index in [1.807, 2.05) is 24.6 Å². The fourth-order valence-electron chi connectivity index (χ4n) is 4.54. The van der Waals surface area contributed by atoms with E-state index in [0.717, 1.165) is 24.1 Å². The van der Waals surface area contributed by atoms with Gasteiger partial charge in [0.15, 0.2) is 0 Å². The number of nitrogens with zero attached hydrogens (tertiary/aromatic N) is 3. The van der Waals surface area contributed by atoms with Crippen LogP contribution in [0.4, 0.5) is 4.39 Å². The Labute approximate surface area is 177 Å². The summed E-state index contributed by atoms with van der Waals surface area (Å²) >= 11 is 0. The second kappa shape index (κ2) is 7.46. The lowest BCUT2D eigenvalue weighted by molar-refractivity contribution is 0.0675. The maximum Gasteiger partial charge on any atom is 0.259 e. The third-order valence-electron chi connectivity index (χ3n) is 5.96. The maximum absolute atomic E-state index is 15.5. The molecule has 3 aromatic heterocycles. The predicted octanol–water partition coefficient (Wildman–Crippen LogP) is 4.06. The van der Waals surface area contributed by atoms with Gasteiger partial charge in [-0.05, 0) is 50.5 Å². The topological polar surface area (TPSA) is 82.0 Å². The average Bonchev–Trinajstić information content (AvgIpc) is 3.21. The lowest BCUT2D eigenvalue weighted by Gasteiger charge is -2.23. The van der Waals surface area contributed by atoms with Crippen molar-refractivity contribution in [2.24, 2.45) is 0 Å². The molecule has 1 aliphatic rings.